The highest BCUT2D eigenvalue weighted by Gasteiger charge is 1.96. The Hall–Kier alpha value is -2.22. The van der Waals surface area contributed by atoms with Crippen molar-refractivity contribution < 1.29 is 9.59 Å². The maximum atomic E-state index is 10.3. The zero-order chi connectivity index (χ0) is 11.8. The molecule has 2 nitrogen and oxygen atoms in total. The molecule has 78 valence electrons. The van der Waals surface area contributed by atoms with Crippen LogP contribution in [-0.2, 0) is 9.59 Å². The summed E-state index contributed by atoms with van der Waals surface area (Å²) in [4.78, 5) is 18.1. The van der Waals surface area contributed by atoms with Crippen LogP contribution in [0.2, 0.25) is 0 Å². The lowest BCUT2D eigenvalue weighted by Crippen LogP contribution is -1.80. The van der Waals surface area contributed by atoms with Crippen LogP contribution in [0, 0.1) is 0 Å². The van der Waals surface area contributed by atoms with Gasteiger partial charge in [-0.25, -0.2) is 0 Å². The van der Waals surface area contributed by atoms with Gasteiger partial charge >= 0.3 is 0 Å². The fourth-order valence-electron chi connectivity index (χ4n) is 1.36. The second-order valence-electron chi connectivity index (χ2n) is 3.05. The normalized spacial score (nSPS) is 8.75. The van der Waals surface area contributed by atoms with E-state index in [1.807, 2.05) is 48.8 Å². The lowest BCUT2D eigenvalue weighted by molar-refractivity contribution is 0.562. The molecule has 0 fully saturated rings. The molecule has 0 heterocycles. The quantitative estimate of drug-likeness (QED) is 0.714. The van der Waals surface area contributed by atoms with Crippen LogP contribution in [0.4, 0.5) is 0 Å². The predicted molar refractivity (Wildman–Crippen MR) is 63.4 cm³/mol. The predicted octanol–water partition coefficient (Wildman–Crippen LogP) is 2.54. The van der Waals surface area contributed by atoms with Crippen LogP contribution >= 0.6 is 0 Å². The van der Waals surface area contributed by atoms with Crippen molar-refractivity contribution in [3.05, 3.63) is 60.2 Å². The molecule has 2 aromatic carbocycles. The summed E-state index contributed by atoms with van der Waals surface area (Å²) in [5.41, 5.74) is 2.86. The first-order valence-corrected chi connectivity index (χ1v) is 4.67. The van der Waals surface area contributed by atoms with Gasteiger partial charge in [-0.15, -0.1) is 0 Å². The molecule has 0 atom stereocenters. The van der Waals surface area contributed by atoms with Crippen molar-refractivity contribution in [2.24, 2.45) is 0 Å². The Morgan fingerprint density at radius 3 is 1.75 bits per heavy atom. The van der Waals surface area contributed by atoms with E-state index >= 15 is 0 Å². The molecule has 0 amide bonds. The highest BCUT2D eigenvalue weighted by molar-refractivity contribution is 5.77. The Bertz CT molecular complexity index is 432. The summed E-state index contributed by atoms with van der Waals surface area (Å²) in [5, 5.41) is 0. The van der Waals surface area contributed by atoms with E-state index in [0.717, 1.165) is 11.1 Å². The molecule has 0 aliphatic carbocycles. The summed E-state index contributed by atoms with van der Waals surface area (Å²) in [7, 11) is 0. The SMILES string of the molecule is O=[C]c1ccc(-c2ccccc2)cc1.[CH]=O. The lowest BCUT2D eigenvalue weighted by atomic mass is 10.0. The maximum absolute atomic E-state index is 10.3. The van der Waals surface area contributed by atoms with Gasteiger partial charge in [-0.3, -0.25) is 9.59 Å². The molecule has 0 saturated heterocycles. The van der Waals surface area contributed by atoms with Crippen molar-refractivity contribution in [1.29, 1.82) is 0 Å². The third-order valence-electron chi connectivity index (χ3n) is 2.11. The molecule has 16 heavy (non-hydrogen) atoms. The fourth-order valence-corrected chi connectivity index (χ4v) is 1.36. The van der Waals surface area contributed by atoms with Crippen LogP contribution in [-0.4, -0.2) is 13.1 Å². The Kier molecular flexibility index (Phi) is 4.67. The zero-order valence-corrected chi connectivity index (χ0v) is 8.59. The number of hydrogen-bond donors (Lipinski definition) is 0. The van der Waals surface area contributed by atoms with Crippen LogP contribution in [0.3, 0.4) is 0 Å². The molecular weight excluding hydrogens is 200 g/mol. The van der Waals surface area contributed by atoms with Crippen LogP contribution in [0.5, 0.6) is 0 Å². The summed E-state index contributed by atoms with van der Waals surface area (Å²) in [6, 6.07) is 17.5. The molecule has 0 aromatic heterocycles. The van der Waals surface area contributed by atoms with Gasteiger partial charge in [0.15, 0.2) is 6.79 Å². The highest BCUT2D eigenvalue weighted by atomic mass is 16.1. The van der Waals surface area contributed by atoms with E-state index in [2.05, 4.69) is 6.79 Å². The van der Waals surface area contributed by atoms with Gasteiger partial charge in [-0.1, -0.05) is 54.6 Å². The van der Waals surface area contributed by atoms with Gasteiger partial charge in [0.05, 0.1) is 0 Å². The molecular formula is C14H10O2. The van der Waals surface area contributed by atoms with E-state index in [0.29, 0.717) is 5.56 Å². The third-order valence-corrected chi connectivity index (χ3v) is 2.11. The Labute approximate surface area is 94.5 Å². The van der Waals surface area contributed by atoms with E-state index < -0.39 is 0 Å². The first-order chi connectivity index (χ1) is 7.90. The first-order valence-electron chi connectivity index (χ1n) is 4.67. The van der Waals surface area contributed by atoms with Gasteiger partial charge in [-0.2, -0.15) is 0 Å². The summed E-state index contributed by atoms with van der Waals surface area (Å²) in [6.45, 7) is 3.25. The second-order valence-corrected chi connectivity index (χ2v) is 3.05. The summed E-state index contributed by atoms with van der Waals surface area (Å²) < 4.78 is 0. The molecule has 2 radical (unpaired) electrons. The van der Waals surface area contributed by atoms with Crippen molar-refractivity contribution in [2.45, 2.75) is 0 Å². The average Bonchev–Trinajstić information content (AvgIpc) is 2.42. The molecule has 2 aromatic rings. The third kappa shape index (κ3) is 2.89. The minimum Gasteiger partial charge on any atom is -0.295 e. The van der Waals surface area contributed by atoms with Gasteiger partial charge in [0.2, 0.25) is 6.29 Å². The van der Waals surface area contributed by atoms with E-state index in [1.165, 1.54) is 0 Å². The topological polar surface area (TPSA) is 34.1 Å². The zero-order valence-electron chi connectivity index (χ0n) is 8.59. The van der Waals surface area contributed by atoms with E-state index in [9.17, 15) is 4.79 Å². The summed E-state index contributed by atoms with van der Waals surface area (Å²) in [5.74, 6) is 0. The minimum atomic E-state index is 0.588. The molecule has 0 unspecified atom stereocenters. The van der Waals surface area contributed by atoms with Crippen molar-refractivity contribution in [1.82, 2.24) is 0 Å². The Morgan fingerprint density at radius 2 is 1.25 bits per heavy atom. The Balaban J connectivity index is 0.000000606. The first kappa shape index (κ1) is 11.9. The van der Waals surface area contributed by atoms with Crippen molar-refractivity contribution in [2.75, 3.05) is 0 Å². The molecule has 2 heteroatoms. The highest BCUT2D eigenvalue weighted by Crippen LogP contribution is 2.18. The Morgan fingerprint density at radius 1 is 0.750 bits per heavy atom. The number of benzene rings is 2. The standard InChI is InChI=1S/C13H9O.CHO/c14-10-11-6-8-13(9-7-11)12-4-2-1-3-5-12;1-2/h1-9H;1H. The van der Waals surface area contributed by atoms with Crippen LogP contribution in [0.25, 0.3) is 11.1 Å². The molecule has 2 rings (SSSR count). The van der Waals surface area contributed by atoms with Gasteiger partial charge in [0.25, 0.3) is 0 Å². The monoisotopic (exact) mass is 210 g/mol. The number of carbonyl (C=O) groups excluding carboxylic acids is 2. The fraction of sp³-hybridized carbons (Fsp3) is 0. The van der Waals surface area contributed by atoms with Crippen molar-refractivity contribution >= 4 is 13.1 Å². The van der Waals surface area contributed by atoms with E-state index in [-0.39, 0.29) is 0 Å². The molecule has 0 saturated carbocycles. The molecule has 0 aliphatic heterocycles. The van der Waals surface area contributed by atoms with E-state index in [1.54, 1.807) is 12.1 Å². The molecule has 0 spiro atoms. The van der Waals surface area contributed by atoms with Gasteiger partial charge < -0.3 is 0 Å². The molecule has 0 N–H and O–H groups in total. The van der Waals surface area contributed by atoms with E-state index in [4.69, 9.17) is 4.79 Å². The smallest absolute Gasteiger partial charge is 0.233 e. The largest absolute Gasteiger partial charge is 0.295 e. The van der Waals surface area contributed by atoms with Crippen molar-refractivity contribution in [3.8, 4) is 11.1 Å². The van der Waals surface area contributed by atoms with Crippen LogP contribution in [0.15, 0.2) is 54.6 Å². The lowest BCUT2D eigenvalue weighted by Gasteiger charge is -2.00. The average molecular weight is 210 g/mol. The molecule has 0 bridgehead atoms. The van der Waals surface area contributed by atoms with Crippen molar-refractivity contribution in [3.63, 3.8) is 0 Å². The number of hydrogen-bond acceptors (Lipinski definition) is 2. The van der Waals surface area contributed by atoms with Crippen LogP contribution in [0.1, 0.15) is 5.56 Å². The second kappa shape index (κ2) is 6.30. The number of rotatable bonds is 2. The summed E-state index contributed by atoms with van der Waals surface area (Å²) in [6.07, 6.45) is 1.86. The summed E-state index contributed by atoms with van der Waals surface area (Å²) >= 11 is 0. The van der Waals surface area contributed by atoms with Gasteiger partial charge in [0.1, 0.15) is 0 Å². The van der Waals surface area contributed by atoms with Gasteiger partial charge in [0, 0.05) is 5.56 Å². The maximum Gasteiger partial charge on any atom is 0.233 e. The molecule has 0 aliphatic rings. The minimum absolute atomic E-state index is 0.588. The van der Waals surface area contributed by atoms with Gasteiger partial charge in [-0.05, 0) is 11.1 Å². The van der Waals surface area contributed by atoms with Crippen LogP contribution < -0.4 is 0 Å².